The first-order valence-corrected chi connectivity index (χ1v) is 11.7. The summed E-state index contributed by atoms with van der Waals surface area (Å²) in [5.74, 6) is 0.201. The molecule has 1 aromatic heterocycles. The fraction of sp³-hybridized carbons (Fsp3) is 0.207. The van der Waals surface area contributed by atoms with Gasteiger partial charge in [-0.25, -0.2) is 9.78 Å². The summed E-state index contributed by atoms with van der Waals surface area (Å²) < 4.78 is 4.87. The van der Waals surface area contributed by atoms with Crippen LogP contribution in [-0.4, -0.2) is 36.7 Å². The summed E-state index contributed by atoms with van der Waals surface area (Å²) in [4.78, 5) is 28.4. The SMILES string of the molecule is COC(=O)CO[N+](C)(c1cnc(-c2ccccc2)c(-c2ccccc2)n1)C1CCc2ccccc21. The molecule has 35 heavy (non-hydrogen) atoms. The standard InChI is InChI=1S/C29H28N3O3/c1-32(35-20-27(33)34-2,25-18-17-21-11-9-10-16-24(21)25)26-19-30-28(22-12-5-3-6-13-22)29(31-26)23-14-7-4-8-15-23/h3-16,19,25H,17-18,20H2,1-2H3/q+1. The predicted molar refractivity (Wildman–Crippen MR) is 136 cm³/mol. The molecule has 1 heterocycles. The van der Waals surface area contributed by atoms with Crippen LogP contribution in [0, 0.1) is 0 Å². The molecular weight excluding hydrogens is 438 g/mol. The summed E-state index contributed by atoms with van der Waals surface area (Å²) in [6.07, 6.45) is 3.59. The maximum absolute atomic E-state index is 12.1. The van der Waals surface area contributed by atoms with Crippen molar-refractivity contribution in [3.8, 4) is 22.5 Å². The molecule has 6 heteroatoms. The summed E-state index contributed by atoms with van der Waals surface area (Å²) in [7, 11) is 3.32. The molecule has 5 rings (SSSR count). The molecule has 3 aromatic carbocycles. The highest BCUT2D eigenvalue weighted by Gasteiger charge is 2.45. The summed E-state index contributed by atoms with van der Waals surface area (Å²) in [6, 6.07) is 28.4. The summed E-state index contributed by atoms with van der Waals surface area (Å²) in [6.45, 7) is -0.186. The Labute approximate surface area is 205 Å². The van der Waals surface area contributed by atoms with Gasteiger partial charge in [-0.1, -0.05) is 84.9 Å². The van der Waals surface area contributed by atoms with E-state index in [0.717, 1.165) is 35.4 Å². The normalized spacial score (nSPS) is 16.3. The molecule has 176 valence electrons. The Morgan fingerprint density at radius 1 is 0.914 bits per heavy atom. The number of benzene rings is 3. The van der Waals surface area contributed by atoms with Crippen LogP contribution < -0.4 is 4.65 Å². The Morgan fingerprint density at radius 2 is 1.54 bits per heavy atom. The average Bonchev–Trinajstić information content (AvgIpc) is 3.37. The van der Waals surface area contributed by atoms with Gasteiger partial charge in [0.2, 0.25) is 6.61 Å². The average molecular weight is 467 g/mol. The quantitative estimate of drug-likeness (QED) is 0.203. The van der Waals surface area contributed by atoms with Gasteiger partial charge in [-0.2, -0.15) is 9.82 Å². The second-order valence-corrected chi connectivity index (χ2v) is 8.75. The number of esters is 1. The molecule has 6 nitrogen and oxygen atoms in total. The number of aryl methyl sites for hydroxylation is 1. The predicted octanol–water partition coefficient (Wildman–Crippen LogP) is 5.54. The van der Waals surface area contributed by atoms with Crippen LogP contribution in [0.1, 0.15) is 23.6 Å². The number of hydrogen-bond donors (Lipinski definition) is 0. The van der Waals surface area contributed by atoms with Crippen molar-refractivity contribution in [1.29, 1.82) is 0 Å². The van der Waals surface area contributed by atoms with E-state index in [-0.39, 0.29) is 17.3 Å². The lowest BCUT2D eigenvalue weighted by molar-refractivity contribution is -0.183. The summed E-state index contributed by atoms with van der Waals surface area (Å²) >= 11 is 0. The molecule has 0 saturated heterocycles. The summed E-state index contributed by atoms with van der Waals surface area (Å²) in [5, 5.41) is 0. The van der Waals surface area contributed by atoms with E-state index in [1.807, 2.05) is 73.8 Å². The number of hydroxylamine groups is 2. The Morgan fingerprint density at radius 3 is 2.23 bits per heavy atom. The zero-order chi connectivity index (χ0) is 24.3. The maximum atomic E-state index is 12.1. The van der Waals surface area contributed by atoms with Gasteiger partial charge in [0.05, 0.1) is 12.8 Å². The van der Waals surface area contributed by atoms with E-state index in [2.05, 4.69) is 18.2 Å². The van der Waals surface area contributed by atoms with Gasteiger partial charge in [-0.05, 0) is 12.0 Å². The Hall–Kier alpha value is -3.87. The minimum Gasteiger partial charge on any atom is -0.467 e. The van der Waals surface area contributed by atoms with Crippen molar-refractivity contribution in [1.82, 2.24) is 14.6 Å². The number of nitrogens with zero attached hydrogens (tertiary/aromatic N) is 3. The van der Waals surface area contributed by atoms with Crippen LogP contribution in [0.2, 0.25) is 0 Å². The van der Waals surface area contributed by atoms with Gasteiger partial charge >= 0.3 is 5.97 Å². The van der Waals surface area contributed by atoms with E-state index < -0.39 is 5.97 Å². The number of carbonyl (C=O) groups is 1. The number of rotatable bonds is 7. The van der Waals surface area contributed by atoms with Gasteiger partial charge in [-0.3, -0.25) is 0 Å². The van der Waals surface area contributed by atoms with Crippen molar-refractivity contribution < 1.29 is 14.4 Å². The number of carbonyl (C=O) groups excluding carboxylic acids is 1. The lowest BCUT2D eigenvalue weighted by Crippen LogP contribution is -2.49. The van der Waals surface area contributed by atoms with E-state index in [0.29, 0.717) is 5.82 Å². The molecule has 0 spiro atoms. The van der Waals surface area contributed by atoms with E-state index in [1.54, 1.807) is 6.20 Å². The zero-order valence-corrected chi connectivity index (χ0v) is 19.9. The number of fused-ring (bicyclic) bond motifs is 1. The van der Waals surface area contributed by atoms with Crippen molar-refractivity contribution in [2.24, 2.45) is 0 Å². The molecular formula is C29H28N3O3+. The van der Waals surface area contributed by atoms with Crippen molar-refractivity contribution in [3.63, 3.8) is 0 Å². The summed E-state index contributed by atoms with van der Waals surface area (Å²) in [5.41, 5.74) is 6.02. The second kappa shape index (κ2) is 9.78. The van der Waals surface area contributed by atoms with Crippen LogP contribution in [0.15, 0.2) is 91.1 Å². The largest absolute Gasteiger partial charge is 0.467 e. The first kappa shape index (κ1) is 22.9. The fourth-order valence-electron chi connectivity index (χ4n) is 4.81. The molecule has 0 saturated carbocycles. The number of ether oxygens (including phenoxy) is 1. The van der Waals surface area contributed by atoms with Crippen LogP contribution in [0.4, 0.5) is 5.82 Å². The Kier molecular flexibility index (Phi) is 6.40. The zero-order valence-electron chi connectivity index (χ0n) is 19.9. The molecule has 1 aliphatic carbocycles. The van der Waals surface area contributed by atoms with Crippen LogP contribution in [-0.2, 0) is 20.8 Å². The first-order chi connectivity index (χ1) is 17.1. The molecule has 4 aromatic rings. The smallest absolute Gasteiger partial charge is 0.338 e. The van der Waals surface area contributed by atoms with Crippen molar-refractivity contribution in [2.75, 3.05) is 20.8 Å². The van der Waals surface area contributed by atoms with Gasteiger partial charge in [0.15, 0.2) is 6.04 Å². The first-order valence-electron chi connectivity index (χ1n) is 11.7. The van der Waals surface area contributed by atoms with E-state index in [4.69, 9.17) is 19.5 Å². The molecule has 2 atom stereocenters. The number of hydrogen-bond acceptors (Lipinski definition) is 5. The number of quaternary nitrogens is 1. The third-order valence-electron chi connectivity index (χ3n) is 6.68. The highest BCUT2D eigenvalue weighted by molar-refractivity contribution is 5.78. The third-order valence-corrected chi connectivity index (χ3v) is 6.68. The van der Waals surface area contributed by atoms with E-state index in [9.17, 15) is 4.79 Å². The highest BCUT2D eigenvalue weighted by atomic mass is 16.7. The minimum absolute atomic E-state index is 0.00594. The molecule has 0 bridgehead atoms. The van der Waals surface area contributed by atoms with Crippen molar-refractivity contribution >= 4 is 11.8 Å². The molecule has 0 fully saturated rings. The third kappa shape index (κ3) is 4.46. The number of methoxy groups -OCH3 is 1. The van der Waals surface area contributed by atoms with Crippen LogP contribution in [0.5, 0.6) is 0 Å². The molecule has 0 radical (unpaired) electrons. The Balaban J connectivity index is 1.66. The van der Waals surface area contributed by atoms with Crippen LogP contribution >= 0.6 is 0 Å². The highest BCUT2D eigenvalue weighted by Crippen LogP contribution is 2.43. The van der Waals surface area contributed by atoms with Gasteiger partial charge < -0.3 is 4.74 Å². The maximum Gasteiger partial charge on any atom is 0.338 e. The van der Waals surface area contributed by atoms with E-state index >= 15 is 0 Å². The van der Waals surface area contributed by atoms with Crippen LogP contribution in [0.25, 0.3) is 22.5 Å². The minimum atomic E-state index is -0.433. The van der Waals surface area contributed by atoms with E-state index in [1.165, 1.54) is 18.2 Å². The topological polar surface area (TPSA) is 61.3 Å². The molecule has 2 unspecified atom stereocenters. The monoisotopic (exact) mass is 466 g/mol. The van der Waals surface area contributed by atoms with Crippen LogP contribution in [0.3, 0.4) is 0 Å². The van der Waals surface area contributed by atoms with Gasteiger partial charge in [-0.15, -0.1) is 4.65 Å². The second-order valence-electron chi connectivity index (χ2n) is 8.75. The van der Waals surface area contributed by atoms with Crippen molar-refractivity contribution in [3.05, 3.63) is 102 Å². The van der Waals surface area contributed by atoms with Crippen molar-refractivity contribution in [2.45, 2.75) is 18.9 Å². The molecule has 0 N–H and O–H groups in total. The number of aromatic nitrogens is 2. The Bertz CT molecular complexity index is 1330. The lowest BCUT2D eigenvalue weighted by atomic mass is 10.0. The van der Waals surface area contributed by atoms with Gasteiger partial charge in [0, 0.05) is 23.1 Å². The van der Waals surface area contributed by atoms with Gasteiger partial charge in [0.25, 0.3) is 5.82 Å². The molecule has 0 aliphatic heterocycles. The fourth-order valence-corrected chi connectivity index (χ4v) is 4.81. The molecule has 1 aliphatic rings. The molecule has 0 amide bonds. The van der Waals surface area contributed by atoms with Gasteiger partial charge in [0.1, 0.15) is 18.9 Å². The lowest BCUT2D eigenvalue weighted by Gasteiger charge is -2.35.